The molecule has 0 radical (unpaired) electrons. The van der Waals surface area contributed by atoms with Crippen LogP contribution in [0.2, 0.25) is 0 Å². The molecule has 0 unspecified atom stereocenters. The van der Waals surface area contributed by atoms with Crippen LogP contribution in [0.4, 0.5) is 4.39 Å². The van der Waals surface area contributed by atoms with E-state index < -0.39 is 0 Å². The quantitative estimate of drug-likeness (QED) is 0.421. The minimum atomic E-state index is -0.344. The number of rotatable bonds is 5. The number of halogens is 1. The lowest BCUT2D eigenvalue weighted by Crippen LogP contribution is -2.23. The van der Waals surface area contributed by atoms with E-state index in [1.165, 1.54) is 12.1 Å². The first-order valence-corrected chi connectivity index (χ1v) is 10.3. The van der Waals surface area contributed by atoms with E-state index in [2.05, 4.69) is 9.97 Å². The van der Waals surface area contributed by atoms with Crippen LogP contribution in [-0.4, -0.2) is 20.8 Å². The molecule has 2 heterocycles. The number of amides is 1. The molecule has 0 saturated carbocycles. The summed E-state index contributed by atoms with van der Waals surface area (Å²) in [6, 6.07) is 17.5. The van der Waals surface area contributed by atoms with Gasteiger partial charge in [-0.3, -0.25) is 14.8 Å². The van der Waals surface area contributed by atoms with E-state index in [-0.39, 0.29) is 11.7 Å². The highest BCUT2D eigenvalue weighted by molar-refractivity contribution is 6.00. The van der Waals surface area contributed by atoms with Crippen molar-refractivity contribution in [3.8, 4) is 22.8 Å². The fourth-order valence-electron chi connectivity index (χ4n) is 4.00. The molecule has 0 atom stereocenters. The molecule has 6 heteroatoms. The first-order chi connectivity index (χ1) is 15.6. The van der Waals surface area contributed by atoms with Gasteiger partial charge in [0, 0.05) is 42.7 Å². The van der Waals surface area contributed by atoms with Gasteiger partial charge in [0.1, 0.15) is 17.3 Å². The number of aryl methyl sites for hydroxylation is 1. The summed E-state index contributed by atoms with van der Waals surface area (Å²) < 4.78 is 19.0. The van der Waals surface area contributed by atoms with Crippen molar-refractivity contribution in [2.45, 2.75) is 20.0 Å². The molecule has 158 valence electrons. The lowest BCUT2D eigenvalue weighted by atomic mass is 9.99. The number of carbonyl (C=O) groups is 1. The van der Waals surface area contributed by atoms with Crippen LogP contribution < -0.4 is 4.74 Å². The van der Waals surface area contributed by atoms with Crippen LogP contribution in [-0.2, 0) is 13.1 Å². The van der Waals surface area contributed by atoms with Crippen molar-refractivity contribution in [2.24, 2.45) is 0 Å². The Bertz CT molecular complexity index is 1290. The molecule has 32 heavy (non-hydrogen) atoms. The van der Waals surface area contributed by atoms with Gasteiger partial charge in [0.05, 0.1) is 11.9 Å². The van der Waals surface area contributed by atoms with Gasteiger partial charge in [0.15, 0.2) is 0 Å². The molecular weight excluding hydrogens is 405 g/mol. The first-order valence-electron chi connectivity index (χ1n) is 10.3. The van der Waals surface area contributed by atoms with Crippen LogP contribution in [0.25, 0.3) is 11.3 Å². The Labute approximate surface area is 185 Å². The lowest BCUT2D eigenvalue weighted by molar-refractivity contribution is 0.0766. The van der Waals surface area contributed by atoms with Gasteiger partial charge < -0.3 is 9.64 Å². The fraction of sp³-hybridized carbons (Fsp3) is 0.115. The monoisotopic (exact) mass is 425 g/mol. The maximum Gasteiger partial charge on any atom is 0.255 e. The summed E-state index contributed by atoms with van der Waals surface area (Å²) in [6.45, 7) is 3.00. The molecule has 0 aliphatic carbocycles. The second-order valence-electron chi connectivity index (χ2n) is 7.78. The smallest absolute Gasteiger partial charge is 0.255 e. The summed E-state index contributed by atoms with van der Waals surface area (Å²) in [5.41, 5.74) is 5.45. The Morgan fingerprint density at radius 3 is 2.62 bits per heavy atom. The van der Waals surface area contributed by atoms with E-state index >= 15 is 0 Å². The Balaban J connectivity index is 1.31. The van der Waals surface area contributed by atoms with Gasteiger partial charge in [-0.05, 0) is 60.0 Å². The van der Waals surface area contributed by atoms with E-state index in [9.17, 15) is 9.18 Å². The number of benzene rings is 3. The average molecular weight is 425 g/mol. The van der Waals surface area contributed by atoms with Crippen LogP contribution in [0.1, 0.15) is 27.0 Å². The number of fused-ring (bicyclic) bond motifs is 1. The molecule has 1 aliphatic heterocycles. The topological polar surface area (TPSA) is 55.3 Å². The van der Waals surface area contributed by atoms with Gasteiger partial charge in [0.25, 0.3) is 5.91 Å². The van der Waals surface area contributed by atoms with Crippen molar-refractivity contribution < 1.29 is 13.9 Å². The number of hydrogen-bond acceptors (Lipinski definition) is 4. The summed E-state index contributed by atoms with van der Waals surface area (Å²) >= 11 is 0. The minimum Gasteiger partial charge on any atom is -0.457 e. The van der Waals surface area contributed by atoms with Gasteiger partial charge >= 0.3 is 0 Å². The predicted molar refractivity (Wildman–Crippen MR) is 119 cm³/mol. The summed E-state index contributed by atoms with van der Waals surface area (Å²) in [5.74, 6) is 0.740. The molecule has 1 aromatic heterocycles. The third-order valence-electron chi connectivity index (χ3n) is 5.47. The number of aromatic nitrogens is 2. The highest BCUT2D eigenvalue weighted by Gasteiger charge is 2.29. The third kappa shape index (κ3) is 3.95. The number of carbonyl (C=O) groups excluding carboxylic acids is 1. The van der Waals surface area contributed by atoms with Gasteiger partial charge in [-0.25, -0.2) is 4.39 Å². The predicted octanol–water partition coefficient (Wildman–Crippen LogP) is 5.54. The summed E-state index contributed by atoms with van der Waals surface area (Å²) in [4.78, 5) is 23.4. The maximum absolute atomic E-state index is 13.3. The first kappa shape index (κ1) is 19.9. The normalized spacial score (nSPS) is 12.7. The van der Waals surface area contributed by atoms with Crippen LogP contribution in [0.5, 0.6) is 11.5 Å². The van der Waals surface area contributed by atoms with E-state index in [1.807, 2.05) is 48.2 Å². The van der Waals surface area contributed by atoms with Crippen molar-refractivity contribution in [1.29, 1.82) is 0 Å². The Morgan fingerprint density at radius 1 is 1.03 bits per heavy atom. The summed E-state index contributed by atoms with van der Waals surface area (Å²) in [7, 11) is 0. The molecule has 0 saturated heterocycles. The molecular formula is C26H20FN3O2. The van der Waals surface area contributed by atoms with Crippen LogP contribution in [0.15, 0.2) is 79.3 Å². The Morgan fingerprint density at radius 2 is 1.88 bits per heavy atom. The van der Waals surface area contributed by atoms with Crippen LogP contribution in [0.3, 0.4) is 0 Å². The zero-order valence-corrected chi connectivity index (χ0v) is 17.5. The maximum atomic E-state index is 13.3. The second kappa shape index (κ2) is 8.23. The third-order valence-corrected chi connectivity index (χ3v) is 5.47. The van der Waals surface area contributed by atoms with Crippen LogP contribution >= 0.6 is 0 Å². The Hall–Kier alpha value is -4.06. The van der Waals surface area contributed by atoms with E-state index in [4.69, 9.17) is 4.74 Å². The Kier molecular flexibility index (Phi) is 5.11. The highest BCUT2D eigenvalue weighted by atomic mass is 19.1. The van der Waals surface area contributed by atoms with Gasteiger partial charge in [0.2, 0.25) is 0 Å². The molecule has 0 spiro atoms. The zero-order valence-electron chi connectivity index (χ0n) is 17.5. The molecule has 3 aromatic carbocycles. The van der Waals surface area contributed by atoms with Crippen molar-refractivity contribution in [3.05, 3.63) is 107 Å². The molecule has 0 N–H and O–H groups in total. The van der Waals surface area contributed by atoms with Gasteiger partial charge in [-0.2, -0.15) is 0 Å². The number of nitrogens with zero attached hydrogens (tertiary/aromatic N) is 3. The molecule has 1 aliphatic rings. The highest BCUT2D eigenvalue weighted by Crippen LogP contribution is 2.32. The van der Waals surface area contributed by atoms with Crippen molar-refractivity contribution >= 4 is 5.91 Å². The molecule has 4 aromatic rings. The van der Waals surface area contributed by atoms with Crippen LogP contribution in [0, 0.1) is 12.7 Å². The van der Waals surface area contributed by atoms with Crippen molar-refractivity contribution in [1.82, 2.24) is 14.9 Å². The molecule has 1 amide bonds. The second-order valence-corrected chi connectivity index (χ2v) is 7.78. The number of hydrogen-bond donors (Lipinski definition) is 0. The summed E-state index contributed by atoms with van der Waals surface area (Å²) in [6.07, 6.45) is 5.03. The lowest BCUT2D eigenvalue weighted by Gasteiger charge is -2.16. The minimum absolute atomic E-state index is 0.0308. The van der Waals surface area contributed by atoms with Crippen molar-refractivity contribution in [2.75, 3.05) is 0 Å². The summed E-state index contributed by atoms with van der Waals surface area (Å²) in [5, 5.41) is 0. The molecule has 0 bridgehead atoms. The molecule has 5 nitrogen and oxygen atoms in total. The standard InChI is InChI=1S/C26H20FN3O2/c1-17-11-19(24-14-28-9-10-29-24)12-20-16-30(26(31)25(17)20)15-18-5-7-22(8-6-18)32-23-4-2-3-21(27)13-23/h2-14H,15-16H2,1H3. The average Bonchev–Trinajstić information content (AvgIpc) is 3.11. The van der Waals surface area contributed by atoms with Gasteiger partial charge in [-0.1, -0.05) is 18.2 Å². The zero-order chi connectivity index (χ0) is 22.1. The number of ether oxygens (including phenoxy) is 1. The van der Waals surface area contributed by atoms with E-state index in [0.717, 1.165) is 33.5 Å². The largest absolute Gasteiger partial charge is 0.457 e. The van der Waals surface area contributed by atoms with Crippen molar-refractivity contribution in [3.63, 3.8) is 0 Å². The molecule has 0 fully saturated rings. The van der Waals surface area contributed by atoms with Gasteiger partial charge in [-0.15, -0.1) is 0 Å². The molecule has 5 rings (SSSR count). The van der Waals surface area contributed by atoms with E-state index in [1.54, 1.807) is 30.7 Å². The SMILES string of the molecule is Cc1cc(-c2cnccn2)cc2c1C(=O)N(Cc1ccc(Oc3cccc(F)c3)cc1)C2. The van der Waals surface area contributed by atoms with E-state index in [0.29, 0.717) is 24.6 Å². The fourth-order valence-corrected chi connectivity index (χ4v) is 4.00.